The number of aliphatic hydroxyl groups is 1. The largest absolute Gasteiger partial charge is 0.465 e. The standard InChI is InChI=1S/C12H17BrO2/c1-8-5-9(2)7-12(14,6-8)11-10(13)3-4-15-11/h3-4,8-9,14H,5-7H2,1-2H3. The average molecular weight is 273 g/mol. The summed E-state index contributed by atoms with van der Waals surface area (Å²) in [4.78, 5) is 0. The first-order valence-corrected chi connectivity index (χ1v) is 6.26. The molecule has 0 saturated heterocycles. The number of furan rings is 1. The minimum absolute atomic E-state index is 0.552. The molecule has 1 fully saturated rings. The first-order valence-electron chi connectivity index (χ1n) is 5.47. The van der Waals surface area contributed by atoms with Crippen molar-refractivity contribution >= 4 is 15.9 Å². The van der Waals surface area contributed by atoms with E-state index >= 15 is 0 Å². The van der Waals surface area contributed by atoms with E-state index in [1.807, 2.05) is 6.07 Å². The molecule has 0 radical (unpaired) electrons. The van der Waals surface area contributed by atoms with E-state index in [0.717, 1.165) is 17.3 Å². The van der Waals surface area contributed by atoms with Crippen molar-refractivity contribution in [3.63, 3.8) is 0 Å². The highest BCUT2D eigenvalue weighted by Crippen LogP contribution is 2.44. The molecule has 0 aliphatic heterocycles. The summed E-state index contributed by atoms with van der Waals surface area (Å²) in [6.07, 6.45) is 4.41. The van der Waals surface area contributed by atoms with Gasteiger partial charge >= 0.3 is 0 Å². The molecule has 15 heavy (non-hydrogen) atoms. The summed E-state index contributed by atoms with van der Waals surface area (Å²) in [6.45, 7) is 4.38. The van der Waals surface area contributed by atoms with Gasteiger partial charge in [-0.15, -0.1) is 0 Å². The van der Waals surface area contributed by atoms with Crippen molar-refractivity contribution in [2.75, 3.05) is 0 Å². The Kier molecular flexibility index (Phi) is 2.95. The molecule has 84 valence electrons. The van der Waals surface area contributed by atoms with Crippen LogP contribution in [-0.4, -0.2) is 5.11 Å². The molecular formula is C12H17BrO2. The zero-order valence-electron chi connectivity index (χ0n) is 9.16. The highest BCUT2D eigenvalue weighted by Gasteiger charge is 2.40. The fraction of sp³-hybridized carbons (Fsp3) is 0.667. The van der Waals surface area contributed by atoms with E-state index in [1.54, 1.807) is 6.26 Å². The van der Waals surface area contributed by atoms with Crippen LogP contribution in [0.3, 0.4) is 0 Å². The third-order valence-electron chi connectivity index (χ3n) is 3.22. The van der Waals surface area contributed by atoms with Crippen LogP contribution in [0.1, 0.15) is 38.9 Å². The summed E-state index contributed by atoms with van der Waals surface area (Å²) < 4.78 is 6.29. The van der Waals surface area contributed by atoms with Gasteiger partial charge in [0.2, 0.25) is 0 Å². The molecule has 0 bridgehead atoms. The van der Waals surface area contributed by atoms with Gasteiger partial charge in [-0.25, -0.2) is 0 Å². The Morgan fingerprint density at radius 3 is 2.47 bits per heavy atom. The molecule has 1 aliphatic carbocycles. The smallest absolute Gasteiger partial charge is 0.149 e. The van der Waals surface area contributed by atoms with Crippen molar-refractivity contribution in [1.82, 2.24) is 0 Å². The highest BCUT2D eigenvalue weighted by molar-refractivity contribution is 9.10. The topological polar surface area (TPSA) is 33.4 Å². The number of hydrogen-bond donors (Lipinski definition) is 1. The molecule has 0 spiro atoms. The van der Waals surface area contributed by atoms with Gasteiger partial charge in [0.15, 0.2) is 0 Å². The molecule has 1 aromatic rings. The Hall–Kier alpha value is -0.280. The van der Waals surface area contributed by atoms with Crippen molar-refractivity contribution in [2.45, 2.75) is 38.7 Å². The molecule has 1 aromatic heterocycles. The van der Waals surface area contributed by atoms with Crippen molar-refractivity contribution in [3.8, 4) is 0 Å². The average Bonchev–Trinajstić information content (AvgIpc) is 2.48. The maximum absolute atomic E-state index is 10.6. The molecule has 2 rings (SSSR count). The third kappa shape index (κ3) is 2.13. The number of rotatable bonds is 1. The summed E-state index contributed by atoms with van der Waals surface area (Å²) in [5.74, 6) is 1.80. The van der Waals surface area contributed by atoms with Gasteiger partial charge in [-0.1, -0.05) is 13.8 Å². The fourth-order valence-electron chi connectivity index (χ4n) is 2.90. The van der Waals surface area contributed by atoms with E-state index in [0.29, 0.717) is 17.6 Å². The van der Waals surface area contributed by atoms with E-state index < -0.39 is 5.60 Å². The van der Waals surface area contributed by atoms with Crippen molar-refractivity contribution in [2.24, 2.45) is 11.8 Å². The van der Waals surface area contributed by atoms with Crippen molar-refractivity contribution in [1.29, 1.82) is 0 Å². The van der Waals surface area contributed by atoms with Crippen LogP contribution in [0.15, 0.2) is 21.2 Å². The van der Waals surface area contributed by atoms with Crippen LogP contribution < -0.4 is 0 Å². The van der Waals surface area contributed by atoms with Gasteiger partial charge in [0, 0.05) is 0 Å². The van der Waals surface area contributed by atoms with Gasteiger partial charge in [-0.3, -0.25) is 0 Å². The SMILES string of the molecule is CC1CC(C)CC(O)(c2occc2Br)C1. The van der Waals surface area contributed by atoms with Crippen LogP contribution in [0.2, 0.25) is 0 Å². The quantitative estimate of drug-likeness (QED) is 0.846. The summed E-state index contributed by atoms with van der Waals surface area (Å²) >= 11 is 3.42. The first kappa shape index (κ1) is 11.2. The molecule has 1 N–H and O–H groups in total. The Morgan fingerprint density at radius 2 is 2.00 bits per heavy atom. The molecule has 0 amide bonds. The lowest BCUT2D eigenvalue weighted by molar-refractivity contribution is -0.0532. The molecule has 1 heterocycles. The molecular weight excluding hydrogens is 256 g/mol. The zero-order chi connectivity index (χ0) is 11.1. The molecule has 1 aliphatic rings. The first-order chi connectivity index (χ1) is 7.01. The van der Waals surface area contributed by atoms with Gasteiger partial charge in [-0.2, -0.15) is 0 Å². The van der Waals surface area contributed by atoms with Crippen LogP contribution in [0, 0.1) is 11.8 Å². The molecule has 2 unspecified atom stereocenters. The summed E-state index contributed by atoms with van der Waals surface area (Å²) in [5, 5.41) is 10.6. The molecule has 2 atom stereocenters. The predicted molar refractivity (Wildman–Crippen MR) is 62.5 cm³/mol. The van der Waals surface area contributed by atoms with E-state index in [9.17, 15) is 5.11 Å². The van der Waals surface area contributed by atoms with Gasteiger partial charge in [0.1, 0.15) is 11.4 Å². The molecule has 2 nitrogen and oxygen atoms in total. The summed E-state index contributed by atoms with van der Waals surface area (Å²) in [7, 11) is 0. The lowest BCUT2D eigenvalue weighted by Crippen LogP contribution is -2.35. The highest BCUT2D eigenvalue weighted by atomic mass is 79.9. The van der Waals surface area contributed by atoms with Crippen LogP contribution in [0.4, 0.5) is 0 Å². The monoisotopic (exact) mass is 272 g/mol. The predicted octanol–water partition coefficient (Wildman–Crippen LogP) is 3.69. The molecule has 3 heteroatoms. The maximum Gasteiger partial charge on any atom is 0.149 e. The second kappa shape index (κ2) is 3.95. The van der Waals surface area contributed by atoms with Crippen LogP contribution in [-0.2, 0) is 5.60 Å². The minimum Gasteiger partial charge on any atom is -0.465 e. The second-order valence-corrected chi connectivity index (χ2v) is 5.84. The number of halogens is 1. The summed E-state index contributed by atoms with van der Waals surface area (Å²) in [5.41, 5.74) is -0.778. The van der Waals surface area contributed by atoms with Gasteiger partial charge < -0.3 is 9.52 Å². The number of hydrogen-bond acceptors (Lipinski definition) is 2. The molecule has 0 aromatic carbocycles. The van der Waals surface area contributed by atoms with Crippen molar-refractivity contribution < 1.29 is 9.52 Å². The molecule has 1 saturated carbocycles. The Balaban J connectivity index is 2.29. The zero-order valence-corrected chi connectivity index (χ0v) is 10.8. The van der Waals surface area contributed by atoms with Crippen LogP contribution in [0.25, 0.3) is 0 Å². The maximum atomic E-state index is 10.6. The third-order valence-corrected chi connectivity index (χ3v) is 3.84. The second-order valence-electron chi connectivity index (χ2n) is 4.98. The lowest BCUT2D eigenvalue weighted by Gasteiger charge is -2.37. The minimum atomic E-state index is -0.778. The van der Waals surface area contributed by atoms with Gasteiger partial charge in [0.05, 0.1) is 10.7 Å². The lowest BCUT2D eigenvalue weighted by atomic mass is 9.73. The van der Waals surface area contributed by atoms with E-state index in [2.05, 4.69) is 29.8 Å². The normalized spacial score (nSPS) is 36.8. The Labute approximate surface area is 98.8 Å². The van der Waals surface area contributed by atoms with Crippen molar-refractivity contribution in [3.05, 3.63) is 22.6 Å². The van der Waals surface area contributed by atoms with Gasteiger partial charge in [0.25, 0.3) is 0 Å². The Morgan fingerprint density at radius 1 is 1.40 bits per heavy atom. The summed E-state index contributed by atoms with van der Waals surface area (Å²) in [6, 6.07) is 1.84. The fourth-order valence-corrected chi connectivity index (χ4v) is 3.47. The Bertz CT molecular complexity index is 335. The van der Waals surface area contributed by atoms with E-state index in [4.69, 9.17) is 4.42 Å². The van der Waals surface area contributed by atoms with Crippen LogP contribution >= 0.6 is 15.9 Å². The van der Waals surface area contributed by atoms with E-state index in [-0.39, 0.29) is 0 Å². The van der Waals surface area contributed by atoms with Crippen LogP contribution in [0.5, 0.6) is 0 Å². The van der Waals surface area contributed by atoms with Gasteiger partial charge in [-0.05, 0) is 53.1 Å². The van der Waals surface area contributed by atoms with E-state index in [1.165, 1.54) is 6.42 Å².